The summed E-state index contributed by atoms with van der Waals surface area (Å²) in [7, 11) is 0. The molecule has 0 atom stereocenters. The first-order valence-electron chi connectivity index (χ1n) is 20.2. The van der Waals surface area contributed by atoms with Crippen molar-refractivity contribution >= 4 is 82.4 Å². The Kier molecular flexibility index (Phi) is 7.54. The highest BCUT2D eigenvalue weighted by atomic mass is 16.3. The fourth-order valence-corrected chi connectivity index (χ4v) is 9.20. The molecule has 0 bridgehead atoms. The summed E-state index contributed by atoms with van der Waals surface area (Å²) in [5.41, 5.74) is 13.5. The number of fused-ring (bicyclic) bond motifs is 9. The standard InChI is InChI=1S/C56H36N2O/c1-2-14-42(15-3-1)57-52-20-8-6-17-45(52)50-36-41(30-35-54(50)57)39-26-24-37(25-27-39)38-28-31-43(32-29-38)58(51-21-10-13-40-12-4-5-16-44(40)51)53-22-11-19-48-46(53)33-34-49-47-18-7-9-23-55(47)59-56(48)49/h1-36H. The van der Waals surface area contributed by atoms with Crippen molar-refractivity contribution in [3.63, 3.8) is 0 Å². The molecule has 3 heteroatoms. The van der Waals surface area contributed by atoms with E-state index >= 15 is 0 Å². The van der Waals surface area contributed by atoms with E-state index in [0.717, 1.165) is 49.8 Å². The third-order valence-corrected chi connectivity index (χ3v) is 12.0. The average Bonchev–Trinajstić information content (AvgIpc) is 3.86. The van der Waals surface area contributed by atoms with E-state index in [-0.39, 0.29) is 0 Å². The molecule has 276 valence electrons. The highest BCUT2D eigenvalue weighted by Crippen LogP contribution is 2.45. The molecule has 0 saturated carbocycles. The number of hydrogen-bond acceptors (Lipinski definition) is 2. The van der Waals surface area contributed by atoms with Crippen LogP contribution in [0.4, 0.5) is 17.1 Å². The van der Waals surface area contributed by atoms with Crippen molar-refractivity contribution in [3.05, 3.63) is 218 Å². The number of rotatable bonds is 6. The van der Waals surface area contributed by atoms with Gasteiger partial charge in [0.2, 0.25) is 0 Å². The second-order valence-corrected chi connectivity index (χ2v) is 15.3. The van der Waals surface area contributed by atoms with E-state index in [1.54, 1.807) is 0 Å². The summed E-state index contributed by atoms with van der Waals surface area (Å²) in [5.74, 6) is 0. The lowest BCUT2D eigenvalue weighted by molar-refractivity contribution is 0.672. The molecule has 2 aromatic heterocycles. The molecule has 0 radical (unpaired) electrons. The fraction of sp³-hybridized carbons (Fsp3) is 0. The van der Waals surface area contributed by atoms with Gasteiger partial charge in [-0.15, -0.1) is 0 Å². The normalized spacial score (nSPS) is 11.7. The Hall–Kier alpha value is -7.88. The van der Waals surface area contributed by atoms with E-state index < -0.39 is 0 Å². The molecule has 12 aromatic rings. The molecule has 10 aromatic carbocycles. The zero-order chi connectivity index (χ0) is 38.9. The molecule has 0 aliphatic heterocycles. The van der Waals surface area contributed by atoms with E-state index in [1.807, 2.05) is 12.1 Å². The minimum Gasteiger partial charge on any atom is -0.455 e. The van der Waals surface area contributed by atoms with Crippen LogP contribution in [0, 0.1) is 0 Å². The van der Waals surface area contributed by atoms with Gasteiger partial charge in [0.1, 0.15) is 11.2 Å². The van der Waals surface area contributed by atoms with Gasteiger partial charge in [-0.1, -0.05) is 152 Å². The predicted octanol–water partition coefficient (Wildman–Crippen LogP) is 15.8. The summed E-state index contributed by atoms with van der Waals surface area (Å²) in [5, 5.41) is 9.41. The molecule has 0 spiro atoms. The first kappa shape index (κ1) is 33.3. The number of hydrogen-bond donors (Lipinski definition) is 0. The Balaban J connectivity index is 0.932. The number of para-hydroxylation sites is 3. The summed E-state index contributed by atoms with van der Waals surface area (Å²) in [6, 6.07) is 78.7. The molecule has 59 heavy (non-hydrogen) atoms. The Morgan fingerprint density at radius 3 is 1.69 bits per heavy atom. The Labute approximate surface area is 341 Å². The Morgan fingerprint density at radius 2 is 0.881 bits per heavy atom. The van der Waals surface area contributed by atoms with Gasteiger partial charge in [0.15, 0.2) is 0 Å². The van der Waals surface area contributed by atoms with E-state index in [0.29, 0.717) is 0 Å². The minimum absolute atomic E-state index is 0.906. The van der Waals surface area contributed by atoms with Gasteiger partial charge >= 0.3 is 0 Å². The van der Waals surface area contributed by atoms with Gasteiger partial charge in [-0.25, -0.2) is 0 Å². The number of aromatic nitrogens is 1. The van der Waals surface area contributed by atoms with Crippen LogP contribution >= 0.6 is 0 Å². The zero-order valence-electron chi connectivity index (χ0n) is 32.1. The topological polar surface area (TPSA) is 21.3 Å². The van der Waals surface area contributed by atoms with Crippen molar-refractivity contribution in [2.45, 2.75) is 0 Å². The number of benzene rings is 10. The molecule has 3 nitrogen and oxygen atoms in total. The van der Waals surface area contributed by atoms with Gasteiger partial charge in [0.25, 0.3) is 0 Å². The molecule has 0 N–H and O–H groups in total. The Morgan fingerprint density at radius 1 is 0.339 bits per heavy atom. The minimum atomic E-state index is 0.906. The van der Waals surface area contributed by atoms with Crippen LogP contribution in [0.2, 0.25) is 0 Å². The third-order valence-electron chi connectivity index (χ3n) is 12.0. The number of anilines is 3. The number of nitrogens with zero attached hydrogens (tertiary/aromatic N) is 2. The monoisotopic (exact) mass is 752 g/mol. The molecule has 0 fully saturated rings. The molecule has 0 aliphatic carbocycles. The highest BCUT2D eigenvalue weighted by molar-refractivity contribution is 6.18. The van der Waals surface area contributed by atoms with E-state index in [1.165, 1.54) is 60.5 Å². The van der Waals surface area contributed by atoms with Gasteiger partial charge in [0, 0.05) is 49.1 Å². The highest BCUT2D eigenvalue weighted by Gasteiger charge is 2.20. The SMILES string of the molecule is c1ccc(-n2c3ccccc3c3cc(-c4ccc(-c5ccc(N(c6cccc7ccccc67)c6cccc7c6ccc6c8ccccc8oc76)cc5)cc4)ccc32)cc1. The second kappa shape index (κ2) is 13.4. The zero-order valence-corrected chi connectivity index (χ0v) is 32.1. The lowest BCUT2D eigenvalue weighted by atomic mass is 9.98. The number of furan rings is 1. The first-order valence-corrected chi connectivity index (χ1v) is 20.2. The lowest BCUT2D eigenvalue weighted by Gasteiger charge is -2.28. The quantitative estimate of drug-likeness (QED) is 0.169. The van der Waals surface area contributed by atoms with Crippen molar-refractivity contribution < 1.29 is 4.42 Å². The third kappa shape index (κ3) is 5.36. The van der Waals surface area contributed by atoms with Gasteiger partial charge < -0.3 is 13.9 Å². The molecule has 2 heterocycles. The van der Waals surface area contributed by atoms with Crippen LogP contribution in [0.25, 0.3) is 93.2 Å². The van der Waals surface area contributed by atoms with Crippen LogP contribution in [0.5, 0.6) is 0 Å². The van der Waals surface area contributed by atoms with Gasteiger partial charge in [-0.05, 0) is 94.4 Å². The smallest absolute Gasteiger partial charge is 0.143 e. The van der Waals surface area contributed by atoms with Gasteiger partial charge in [0.05, 0.1) is 22.4 Å². The molecule has 0 amide bonds. The van der Waals surface area contributed by atoms with Gasteiger partial charge in [-0.3, -0.25) is 0 Å². The van der Waals surface area contributed by atoms with Crippen LogP contribution in [0.1, 0.15) is 0 Å². The Bertz CT molecular complexity index is 3540. The fourth-order valence-electron chi connectivity index (χ4n) is 9.20. The largest absolute Gasteiger partial charge is 0.455 e. The summed E-state index contributed by atoms with van der Waals surface area (Å²) >= 11 is 0. The molecule has 12 rings (SSSR count). The van der Waals surface area contributed by atoms with Crippen molar-refractivity contribution in [1.29, 1.82) is 0 Å². The summed E-state index contributed by atoms with van der Waals surface area (Å²) in [6.07, 6.45) is 0. The molecular formula is C56H36N2O. The average molecular weight is 753 g/mol. The molecule has 0 aliphatic rings. The summed E-state index contributed by atoms with van der Waals surface area (Å²) < 4.78 is 8.88. The van der Waals surface area contributed by atoms with Crippen LogP contribution in [0.3, 0.4) is 0 Å². The van der Waals surface area contributed by atoms with E-state index in [9.17, 15) is 0 Å². The van der Waals surface area contributed by atoms with Crippen molar-refractivity contribution in [2.75, 3.05) is 4.90 Å². The van der Waals surface area contributed by atoms with Crippen molar-refractivity contribution in [3.8, 4) is 27.9 Å². The first-order chi connectivity index (χ1) is 29.3. The van der Waals surface area contributed by atoms with Gasteiger partial charge in [-0.2, -0.15) is 0 Å². The van der Waals surface area contributed by atoms with Crippen LogP contribution in [-0.2, 0) is 0 Å². The maximum Gasteiger partial charge on any atom is 0.143 e. The van der Waals surface area contributed by atoms with Crippen molar-refractivity contribution in [2.24, 2.45) is 0 Å². The van der Waals surface area contributed by atoms with E-state index in [4.69, 9.17) is 4.42 Å². The van der Waals surface area contributed by atoms with Crippen LogP contribution in [-0.4, -0.2) is 4.57 Å². The molecule has 0 unspecified atom stereocenters. The molecular weight excluding hydrogens is 717 g/mol. The maximum atomic E-state index is 6.52. The maximum absolute atomic E-state index is 6.52. The van der Waals surface area contributed by atoms with E-state index in [2.05, 4.69) is 216 Å². The van der Waals surface area contributed by atoms with Crippen LogP contribution < -0.4 is 4.90 Å². The second-order valence-electron chi connectivity index (χ2n) is 15.3. The predicted molar refractivity (Wildman–Crippen MR) is 249 cm³/mol. The van der Waals surface area contributed by atoms with Crippen molar-refractivity contribution in [1.82, 2.24) is 4.57 Å². The molecule has 0 saturated heterocycles. The summed E-state index contributed by atoms with van der Waals surface area (Å²) in [4.78, 5) is 2.40. The van der Waals surface area contributed by atoms with Crippen LogP contribution in [0.15, 0.2) is 223 Å². The lowest BCUT2D eigenvalue weighted by Crippen LogP contribution is -2.11. The summed E-state index contributed by atoms with van der Waals surface area (Å²) in [6.45, 7) is 0.